The molecule has 88 valence electrons. The van der Waals surface area contributed by atoms with Crippen molar-refractivity contribution in [1.29, 1.82) is 0 Å². The highest BCUT2D eigenvalue weighted by Crippen LogP contribution is 2.30. The van der Waals surface area contributed by atoms with Crippen LogP contribution in [0, 0.1) is 5.92 Å². The molecule has 0 spiro atoms. The van der Waals surface area contributed by atoms with Gasteiger partial charge in [0.05, 0.1) is 6.33 Å². The summed E-state index contributed by atoms with van der Waals surface area (Å²) in [6.45, 7) is 0.741. The number of hydrogen-bond acceptors (Lipinski definition) is 2. The lowest BCUT2D eigenvalue weighted by Gasteiger charge is -2.13. The summed E-state index contributed by atoms with van der Waals surface area (Å²) >= 11 is 3.64. The highest BCUT2D eigenvalue weighted by atomic mass is 79.9. The van der Waals surface area contributed by atoms with Crippen LogP contribution in [0.2, 0.25) is 0 Å². The first-order chi connectivity index (χ1) is 7.66. The number of aryl methyl sites for hydroxylation is 1. The number of amides is 1. The van der Waals surface area contributed by atoms with Crippen LogP contribution in [0.4, 0.5) is 0 Å². The number of nitrogens with one attached hydrogen (secondary N) is 1. The van der Waals surface area contributed by atoms with E-state index in [1.165, 1.54) is 19.3 Å². The van der Waals surface area contributed by atoms with Gasteiger partial charge in [0.25, 0.3) is 5.91 Å². The molecule has 1 aromatic heterocycles. The highest BCUT2D eigenvalue weighted by Gasteiger charge is 2.25. The second kappa shape index (κ2) is 4.99. The van der Waals surface area contributed by atoms with Crippen LogP contribution >= 0.6 is 15.9 Å². The first-order valence-corrected chi connectivity index (χ1v) is 6.48. The molecule has 1 fully saturated rings. The lowest BCUT2D eigenvalue weighted by molar-refractivity contribution is 0.0943. The van der Waals surface area contributed by atoms with E-state index in [4.69, 9.17) is 0 Å². The summed E-state index contributed by atoms with van der Waals surface area (Å²) in [6, 6.07) is 0. The van der Waals surface area contributed by atoms with Gasteiger partial charge in [-0.2, -0.15) is 0 Å². The van der Waals surface area contributed by atoms with Crippen LogP contribution in [-0.2, 0) is 7.05 Å². The smallest absolute Gasteiger partial charge is 0.271 e. The fourth-order valence-electron chi connectivity index (χ4n) is 2.07. The normalized spacial score (nSPS) is 24.6. The molecule has 2 rings (SSSR count). The van der Waals surface area contributed by atoms with Crippen molar-refractivity contribution in [3.63, 3.8) is 0 Å². The highest BCUT2D eigenvalue weighted by molar-refractivity contribution is 9.09. The maximum Gasteiger partial charge on any atom is 0.271 e. The lowest BCUT2D eigenvalue weighted by Crippen LogP contribution is -2.31. The van der Waals surface area contributed by atoms with Crippen molar-refractivity contribution >= 4 is 21.8 Å². The molecule has 0 bridgehead atoms. The minimum absolute atomic E-state index is 0.0767. The molecule has 1 heterocycles. The summed E-state index contributed by atoms with van der Waals surface area (Å²) in [4.78, 5) is 16.3. The predicted octanol–water partition coefficient (Wildman–Crippen LogP) is 1.71. The summed E-state index contributed by atoms with van der Waals surface area (Å²) in [5.41, 5.74) is 0.492. The number of hydrogen-bond donors (Lipinski definition) is 1. The van der Waals surface area contributed by atoms with Gasteiger partial charge in [-0.15, -0.1) is 0 Å². The fourth-order valence-corrected chi connectivity index (χ4v) is 2.84. The van der Waals surface area contributed by atoms with Gasteiger partial charge < -0.3 is 9.88 Å². The number of carbonyl (C=O) groups excluding carboxylic acids is 1. The van der Waals surface area contributed by atoms with Crippen molar-refractivity contribution in [2.75, 3.05) is 6.54 Å². The number of aromatic nitrogens is 2. The molecule has 1 saturated carbocycles. The Morgan fingerprint density at radius 2 is 2.50 bits per heavy atom. The first-order valence-electron chi connectivity index (χ1n) is 5.57. The maximum atomic E-state index is 11.7. The van der Waals surface area contributed by atoms with E-state index in [1.807, 2.05) is 7.05 Å². The van der Waals surface area contributed by atoms with Gasteiger partial charge in [0, 0.05) is 24.6 Å². The standard InChI is InChI=1S/C11H16BrN3O/c1-15-6-10(14-7-15)11(16)13-5-8-3-2-4-9(8)12/h6-9H,2-5H2,1H3,(H,13,16). The van der Waals surface area contributed by atoms with Crippen LogP contribution < -0.4 is 5.32 Å². The average molecular weight is 286 g/mol. The summed E-state index contributed by atoms with van der Waals surface area (Å²) in [5.74, 6) is 0.486. The third-order valence-corrected chi connectivity index (χ3v) is 4.23. The van der Waals surface area contributed by atoms with Crippen LogP contribution in [0.25, 0.3) is 0 Å². The zero-order chi connectivity index (χ0) is 11.5. The van der Waals surface area contributed by atoms with Gasteiger partial charge in [0.15, 0.2) is 0 Å². The number of rotatable bonds is 3. The van der Waals surface area contributed by atoms with Gasteiger partial charge in [-0.25, -0.2) is 4.98 Å². The fraction of sp³-hybridized carbons (Fsp3) is 0.636. The number of imidazole rings is 1. The zero-order valence-corrected chi connectivity index (χ0v) is 10.9. The molecule has 5 heteroatoms. The van der Waals surface area contributed by atoms with Gasteiger partial charge in [0.2, 0.25) is 0 Å². The molecule has 0 saturated heterocycles. The van der Waals surface area contributed by atoms with Crippen LogP contribution in [0.5, 0.6) is 0 Å². The molecule has 16 heavy (non-hydrogen) atoms. The van der Waals surface area contributed by atoms with Crippen molar-refractivity contribution in [2.24, 2.45) is 13.0 Å². The summed E-state index contributed by atoms with van der Waals surface area (Å²) in [5, 5.41) is 2.94. The molecule has 0 radical (unpaired) electrons. The number of nitrogens with zero attached hydrogens (tertiary/aromatic N) is 2. The number of halogens is 1. The third-order valence-electron chi connectivity index (χ3n) is 3.03. The molecular formula is C11H16BrN3O. The summed E-state index contributed by atoms with van der Waals surface area (Å²) < 4.78 is 1.78. The van der Waals surface area contributed by atoms with E-state index in [2.05, 4.69) is 26.2 Å². The Morgan fingerprint density at radius 1 is 1.69 bits per heavy atom. The SMILES string of the molecule is Cn1cnc(C(=O)NCC2CCCC2Br)c1. The molecule has 1 amide bonds. The van der Waals surface area contributed by atoms with Gasteiger partial charge in [-0.1, -0.05) is 22.4 Å². The largest absolute Gasteiger partial charge is 0.350 e. The van der Waals surface area contributed by atoms with Crippen molar-refractivity contribution in [1.82, 2.24) is 14.9 Å². The number of carbonyl (C=O) groups is 1. The summed E-state index contributed by atoms with van der Waals surface area (Å²) in [6.07, 6.45) is 7.02. The van der Waals surface area contributed by atoms with Crippen molar-refractivity contribution < 1.29 is 4.79 Å². The molecule has 2 unspecified atom stereocenters. The zero-order valence-electron chi connectivity index (χ0n) is 9.32. The van der Waals surface area contributed by atoms with Gasteiger partial charge in [0.1, 0.15) is 5.69 Å². The van der Waals surface area contributed by atoms with Crippen LogP contribution in [-0.4, -0.2) is 26.8 Å². The third kappa shape index (κ3) is 2.64. The van der Waals surface area contributed by atoms with Gasteiger partial charge >= 0.3 is 0 Å². The van der Waals surface area contributed by atoms with Crippen LogP contribution in [0.1, 0.15) is 29.8 Å². The Bertz CT molecular complexity index is 377. The molecule has 1 aromatic rings. The molecule has 0 aromatic carbocycles. The Hall–Kier alpha value is -0.840. The number of alkyl halides is 1. The molecule has 1 aliphatic rings. The Morgan fingerprint density at radius 3 is 3.06 bits per heavy atom. The molecule has 0 aliphatic heterocycles. The second-order valence-corrected chi connectivity index (χ2v) is 5.52. The minimum atomic E-state index is -0.0767. The Kier molecular flexibility index (Phi) is 3.63. The van der Waals surface area contributed by atoms with Crippen molar-refractivity contribution in [2.45, 2.75) is 24.1 Å². The van der Waals surface area contributed by atoms with Crippen molar-refractivity contribution in [3.8, 4) is 0 Å². The molecule has 2 atom stereocenters. The van der Waals surface area contributed by atoms with Crippen LogP contribution in [0.15, 0.2) is 12.5 Å². The van der Waals surface area contributed by atoms with E-state index in [0.717, 1.165) is 6.54 Å². The van der Waals surface area contributed by atoms with E-state index in [0.29, 0.717) is 16.4 Å². The Labute approximate surface area is 104 Å². The quantitative estimate of drug-likeness (QED) is 0.860. The monoisotopic (exact) mass is 285 g/mol. The topological polar surface area (TPSA) is 46.9 Å². The molecular weight excluding hydrogens is 270 g/mol. The van der Waals surface area contributed by atoms with Crippen LogP contribution in [0.3, 0.4) is 0 Å². The van der Waals surface area contributed by atoms with Crippen molar-refractivity contribution in [3.05, 3.63) is 18.2 Å². The average Bonchev–Trinajstić information content (AvgIpc) is 2.84. The molecule has 4 nitrogen and oxygen atoms in total. The second-order valence-electron chi connectivity index (χ2n) is 4.34. The van der Waals surface area contributed by atoms with E-state index in [9.17, 15) is 4.79 Å². The van der Waals surface area contributed by atoms with E-state index < -0.39 is 0 Å². The maximum absolute atomic E-state index is 11.7. The van der Waals surface area contributed by atoms with E-state index in [1.54, 1.807) is 17.1 Å². The Balaban J connectivity index is 1.84. The predicted molar refractivity (Wildman–Crippen MR) is 65.6 cm³/mol. The first kappa shape index (κ1) is 11.6. The minimum Gasteiger partial charge on any atom is -0.350 e. The molecule has 1 N–H and O–H groups in total. The lowest BCUT2D eigenvalue weighted by atomic mass is 10.1. The summed E-state index contributed by atoms with van der Waals surface area (Å²) in [7, 11) is 1.86. The van der Waals surface area contributed by atoms with Gasteiger partial charge in [-0.3, -0.25) is 4.79 Å². The van der Waals surface area contributed by atoms with E-state index >= 15 is 0 Å². The van der Waals surface area contributed by atoms with Gasteiger partial charge in [-0.05, 0) is 18.8 Å². The molecule has 1 aliphatic carbocycles. The van der Waals surface area contributed by atoms with E-state index in [-0.39, 0.29) is 5.91 Å².